The molecular weight excluding hydrogens is 290 g/mol. The third kappa shape index (κ3) is 4.06. The van der Waals surface area contributed by atoms with Gasteiger partial charge in [-0.3, -0.25) is 4.79 Å². The van der Waals surface area contributed by atoms with Gasteiger partial charge < -0.3 is 15.2 Å². The first kappa shape index (κ1) is 15.1. The van der Waals surface area contributed by atoms with E-state index in [0.29, 0.717) is 9.88 Å². The normalized spacial score (nSPS) is 10.1. The molecule has 0 aliphatic rings. The molecule has 6 heteroatoms. The molecule has 5 nitrogen and oxygen atoms in total. The molecule has 0 bridgehead atoms. The van der Waals surface area contributed by atoms with Crippen molar-refractivity contribution in [2.75, 3.05) is 12.8 Å². The van der Waals surface area contributed by atoms with Crippen molar-refractivity contribution in [2.24, 2.45) is 0 Å². The standard InChI is InChI=1S/C15H15NO4S/c1-19-13(17)8-11-7-12(14(16)21-11)15(18)20-9-10-5-3-2-4-6-10/h2-7H,8-9,16H2,1H3. The molecular formula is C15H15NO4S. The molecule has 1 heterocycles. The lowest BCUT2D eigenvalue weighted by Gasteiger charge is -2.04. The lowest BCUT2D eigenvalue weighted by atomic mass is 10.2. The summed E-state index contributed by atoms with van der Waals surface area (Å²) in [5.41, 5.74) is 6.98. The summed E-state index contributed by atoms with van der Waals surface area (Å²) in [6.07, 6.45) is 0.0946. The van der Waals surface area contributed by atoms with E-state index < -0.39 is 5.97 Å². The number of nitrogen functional groups attached to an aromatic ring is 1. The van der Waals surface area contributed by atoms with Crippen LogP contribution >= 0.6 is 11.3 Å². The number of ether oxygens (including phenoxy) is 2. The minimum atomic E-state index is -0.497. The van der Waals surface area contributed by atoms with Crippen LogP contribution in [-0.2, 0) is 27.3 Å². The van der Waals surface area contributed by atoms with E-state index in [0.717, 1.165) is 5.56 Å². The molecule has 0 saturated heterocycles. The minimum absolute atomic E-state index is 0.0946. The Morgan fingerprint density at radius 1 is 1.24 bits per heavy atom. The van der Waals surface area contributed by atoms with Crippen LogP contribution in [-0.4, -0.2) is 19.0 Å². The molecule has 1 aromatic heterocycles. The topological polar surface area (TPSA) is 78.6 Å². The zero-order valence-electron chi connectivity index (χ0n) is 11.5. The van der Waals surface area contributed by atoms with Gasteiger partial charge in [0.2, 0.25) is 0 Å². The summed E-state index contributed by atoms with van der Waals surface area (Å²) in [6, 6.07) is 10.9. The van der Waals surface area contributed by atoms with Crippen LogP contribution in [0, 0.1) is 0 Å². The van der Waals surface area contributed by atoms with Crippen LogP contribution in [0.15, 0.2) is 36.4 Å². The van der Waals surface area contributed by atoms with Gasteiger partial charge in [-0.15, -0.1) is 11.3 Å². The van der Waals surface area contributed by atoms with Gasteiger partial charge in [-0.25, -0.2) is 4.79 Å². The average molecular weight is 305 g/mol. The maximum absolute atomic E-state index is 12.0. The van der Waals surface area contributed by atoms with Crippen molar-refractivity contribution in [3.63, 3.8) is 0 Å². The van der Waals surface area contributed by atoms with Crippen LogP contribution in [0.1, 0.15) is 20.8 Å². The number of thiophene rings is 1. The third-order valence-corrected chi connectivity index (χ3v) is 3.75. The zero-order chi connectivity index (χ0) is 15.2. The highest BCUT2D eigenvalue weighted by atomic mass is 32.1. The Balaban J connectivity index is 2.00. The molecule has 0 aliphatic heterocycles. The molecule has 0 fully saturated rings. The molecule has 0 aliphatic carbocycles. The van der Waals surface area contributed by atoms with Gasteiger partial charge in [0.1, 0.15) is 11.6 Å². The second kappa shape index (κ2) is 6.90. The van der Waals surface area contributed by atoms with E-state index in [1.165, 1.54) is 18.4 Å². The van der Waals surface area contributed by atoms with Gasteiger partial charge in [0, 0.05) is 4.88 Å². The fourth-order valence-corrected chi connectivity index (χ4v) is 2.62. The number of benzene rings is 1. The fourth-order valence-electron chi connectivity index (χ4n) is 1.72. The predicted octanol–water partition coefficient (Wildman–Crippen LogP) is 2.40. The van der Waals surface area contributed by atoms with Crippen LogP contribution in [0.3, 0.4) is 0 Å². The molecule has 2 N–H and O–H groups in total. The largest absolute Gasteiger partial charge is 0.469 e. The average Bonchev–Trinajstić information content (AvgIpc) is 2.86. The summed E-state index contributed by atoms with van der Waals surface area (Å²) >= 11 is 1.18. The van der Waals surface area contributed by atoms with Crippen LogP contribution < -0.4 is 5.73 Å². The Kier molecular flexibility index (Phi) is 4.94. The summed E-state index contributed by atoms with van der Waals surface area (Å²) in [7, 11) is 1.31. The number of methoxy groups -OCH3 is 1. The smallest absolute Gasteiger partial charge is 0.341 e. The molecule has 0 saturated carbocycles. The van der Waals surface area contributed by atoms with Gasteiger partial charge in [0.15, 0.2) is 0 Å². The number of rotatable bonds is 5. The van der Waals surface area contributed by atoms with Crippen LogP contribution in [0.25, 0.3) is 0 Å². The van der Waals surface area contributed by atoms with Crippen LogP contribution in [0.2, 0.25) is 0 Å². The number of hydrogen-bond donors (Lipinski definition) is 1. The summed E-state index contributed by atoms with van der Waals surface area (Å²) in [5.74, 6) is -0.871. The Morgan fingerprint density at radius 3 is 2.62 bits per heavy atom. The first-order valence-electron chi connectivity index (χ1n) is 6.26. The van der Waals surface area contributed by atoms with E-state index in [4.69, 9.17) is 10.5 Å². The van der Waals surface area contributed by atoms with E-state index >= 15 is 0 Å². The van der Waals surface area contributed by atoms with E-state index in [-0.39, 0.29) is 24.6 Å². The number of carbonyl (C=O) groups is 2. The maximum atomic E-state index is 12.0. The van der Waals surface area contributed by atoms with Crippen molar-refractivity contribution < 1.29 is 19.1 Å². The van der Waals surface area contributed by atoms with E-state index in [1.54, 1.807) is 6.07 Å². The lowest BCUT2D eigenvalue weighted by molar-refractivity contribution is -0.139. The Bertz CT molecular complexity index is 636. The molecule has 0 amide bonds. The predicted molar refractivity (Wildman–Crippen MR) is 80.0 cm³/mol. The SMILES string of the molecule is COC(=O)Cc1cc(C(=O)OCc2ccccc2)c(N)s1. The van der Waals surface area contributed by atoms with Crippen molar-refractivity contribution in [3.05, 3.63) is 52.4 Å². The number of nitrogens with two attached hydrogens (primary N) is 1. The van der Waals surface area contributed by atoms with Gasteiger partial charge in [-0.1, -0.05) is 30.3 Å². The van der Waals surface area contributed by atoms with Crippen molar-refractivity contribution in [1.82, 2.24) is 0 Å². The highest BCUT2D eigenvalue weighted by molar-refractivity contribution is 7.16. The summed E-state index contributed by atoms with van der Waals surface area (Å²) in [4.78, 5) is 23.9. The van der Waals surface area contributed by atoms with Crippen LogP contribution in [0.4, 0.5) is 5.00 Å². The number of anilines is 1. The van der Waals surface area contributed by atoms with Crippen molar-refractivity contribution in [2.45, 2.75) is 13.0 Å². The van der Waals surface area contributed by atoms with Gasteiger partial charge in [0.25, 0.3) is 0 Å². The molecule has 0 radical (unpaired) electrons. The molecule has 0 unspecified atom stereocenters. The quantitative estimate of drug-likeness (QED) is 0.858. The van der Waals surface area contributed by atoms with E-state index in [1.807, 2.05) is 30.3 Å². The van der Waals surface area contributed by atoms with Gasteiger partial charge in [-0.2, -0.15) is 0 Å². The highest BCUT2D eigenvalue weighted by Gasteiger charge is 2.17. The van der Waals surface area contributed by atoms with Gasteiger partial charge in [-0.05, 0) is 11.6 Å². The fraction of sp³-hybridized carbons (Fsp3) is 0.200. The molecule has 2 aromatic rings. The Morgan fingerprint density at radius 2 is 1.95 bits per heavy atom. The molecule has 110 valence electrons. The first-order chi connectivity index (χ1) is 10.1. The Labute approximate surface area is 126 Å². The number of esters is 2. The van der Waals surface area contributed by atoms with Gasteiger partial charge >= 0.3 is 11.9 Å². The highest BCUT2D eigenvalue weighted by Crippen LogP contribution is 2.26. The first-order valence-corrected chi connectivity index (χ1v) is 7.08. The monoisotopic (exact) mass is 305 g/mol. The molecule has 1 aromatic carbocycles. The molecule has 0 spiro atoms. The van der Waals surface area contributed by atoms with Crippen molar-refractivity contribution in [1.29, 1.82) is 0 Å². The summed E-state index contributed by atoms with van der Waals surface area (Å²) < 4.78 is 9.79. The van der Waals surface area contributed by atoms with E-state index in [2.05, 4.69) is 4.74 Å². The molecule has 0 atom stereocenters. The number of carbonyl (C=O) groups excluding carboxylic acids is 2. The van der Waals surface area contributed by atoms with Gasteiger partial charge in [0.05, 0.1) is 19.1 Å². The van der Waals surface area contributed by atoms with Crippen molar-refractivity contribution >= 4 is 28.3 Å². The minimum Gasteiger partial charge on any atom is -0.469 e. The third-order valence-electron chi connectivity index (χ3n) is 2.79. The maximum Gasteiger partial charge on any atom is 0.341 e. The summed E-state index contributed by atoms with van der Waals surface area (Å²) in [6.45, 7) is 0.182. The summed E-state index contributed by atoms with van der Waals surface area (Å²) in [5, 5.41) is 0.340. The molecule has 21 heavy (non-hydrogen) atoms. The second-order valence-corrected chi connectivity index (χ2v) is 5.47. The molecule has 2 rings (SSSR count). The van der Waals surface area contributed by atoms with Crippen molar-refractivity contribution in [3.8, 4) is 0 Å². The van der Waals surface area contributed by atoms with Crippen LogP contribution in [0.5, 0.6) is 0 Å². The van der Waals surface area contributed by atoms with E-state index in [9.17, 15) is 9.59 Å². The lowest BCUT2D eigenvalue weighted by Crippen LogP contribution is -2.06. The second-order valence-electron chi connectivity index (χ2n) is 4.31. The zero-order valence-corrected chi connectivity index (χ0v) is 12.3. The number of hydrogen-bond acceptors (Lipinski definition) is 6. The Hall–Kier alpha value is -2.34.